The van der Waals surface area contributed by atoms with E-state index in [1.165, 1.54) is 12.1 Å². The van der Waals surface area contributed by atoms with Crippen LogP contribution in [0.4, 0.5) is 10.2 Å². The summed E-state index contributed by atoms with van der Waals surface area (Å²) in [7, 11) is 0. The van der Waals surface area contributed by atoms with Crippen LogP contribution in [0, 0.1) is 17.1 Å². The molecule has 0 spiro atoms. The van der Waals surface area contributed by atoms with Crippen LogP contribution >= 0.6 is 0 Å². The van der Waals surface area contributed by atoms with E-state index in [-0.39, 0.29) is 5.82 Å². The molecule has 3 aromatic rings. The van der Waals surface area contributed by atoms with E-state index in [2.05, 4.69) is 17.9 Å². The van der Waals surface area contributed by atoms with Crippen LogP contribution in [0.15, 0.2) is 42.5 Å². The van der Waals surface area contributed by atoms with E-state index in [1.807, 2.05) is 6.07 Å². The van der Waals surface area contributed by atoms with Gasteiger partial charge in [0.2, 0.25) is 0 Å². The summed E-state index contributed by atoms with van der Waals surface area (Å²) in [5.41, 5.74) is 3.60. The second kappa shape index (κ2) is 6.14. The van der Waals surface area contributed by atoms with Gasteiger partial charge in [0.05, 0.1) is 22.7 Å². The number of hydrogen-bond donors (Lipinski definition) is 0. The molecular formula is C20H17FN4. The van der Waals surface area contributed by atoms with Gasteiger partial charge in [0.25, 0.3) is 0 Å². The molecule has 0 N–H and O–H groups in total. The summed E-state index contributed by atoms with van der Waals surface area (Å²) in [5.74, 6) is 0.534. The highest BCUT2D eigenvalue weighted by molar-refractivity contribution is 5.84. The van der Waals surface area contributed by atoms with E-state index in [9.17, 15) is 4.39 Å². The van der Waals surface area contributed by atoms with Gasteiger partial charge < -0.3 is 4.90 Å². The predicted octanol–water partition coefficient (Wildman–Crippen LogP) is 4.30. The first-order valence-electron chi connectivity index (χ1n) is 8.40. The fraction of sp³-hybridized carbons (Fsp3) is 0.250. The number of fused-ring (bicyclic) bond motifs is 1. The van der Waals surface area contributed by atoms with Crippen LogP contribution in [0.3, 0.4) is 0 Å². The Balaban J connectivity index is 1.95. The molecule has 2 heterocycles. The number of aromatic nitrogens is 2. The summed E-state index contributed by atoms with van der Waals surface area (Å²) in [5, 5.41) is 9.13. The highest BCUT2D eigenvalue weighted by atomic mass is 19.1. The monoisotopic (exact) mass is 332 g/mol. The minimum Gasteiger partial charge on any atom is -0.352 e. The topological polar surface area (TPSA) is 52.8 Å². The number of halogens is 1. The van der Waals surface area contributed by atoms with E-state index < -0.39 is 0 Å². The molecule has 0 aliphatic carbocycles. The number of hydrogen-bond acceptors (Lipinski definition) is 4. The van der Waals surface area contributed by atoms with Crippen LogP contribution in [0.25, 0.3) is 22.3 Å². The number of nitriles is 1. The summed E-state index contributed by atoms with van der Waals surface area (Å²) in [4.78, 5) is 11.9. The SMILES string of the molecule is C[C@H]1CCCN1c1nc2cc(C#N)ccc2nc1-c1ccc(F)cc1. The Kier molecular flexibility index (Phi) is 3.81. The third-order valence-electron chi connectivity index (χ3n) is 4.72. The fourth-order valence-corrected chi connectivity index (χ4v) is 3.36. The van der Waals surface area contributed by atoms with Crippen molar-refractivity contribution < 1.29 is 4.39 Å². The Morgan fingerprint density at radius 3 is 2.60 bits per heavy atom. The maximum absolute atomic E-state index is 13.3. The molecule has 1 atom stereocenters. The van der Waals surface area contributed by atoms with Gasteiger partial charge in [-0.2, -0.15) is 5.26 Å². The molecule has 1 aromatic heterocycles. The van der Waals surface area contributed by atoms with Crippen molar-refractivity contribution in [2.45, 2.75) is 25.8 Å². The van der Waals surface area contributed by atoms with E-state index in [0.29, 0.717) is 17.1 Å². The average molecular weight is 332 g/mol. The molecule has 0 amide bonds. The van der Waals surface area contributed by atoms with E-state index in [1.54, 1.807) is 24.3 Å². The molecule has 1 aliphatic rings. The lowest BCUT2D eigenvalue weighted by Gasteiger charge is -2.25. The molecule has 1 saturated heterocycles. The first-order chi connectivity index (χ1) is 12.2. The third-order valence-corrected chi connectivity index (χ3v) is 4.72. The van der Waals surface area contributed by atoms with Crippen LogP contribution in [0.5, 0.6) is 0 Å². The number of nitrogens with zero attached hydrogens (tertiary/aromatic N) is 4. The highest BCUT2D eigenvalue weighted by Crippen LogP contribution is 2.34. The average Bonchev–Trinajstić information content (AvgIpc) is 3.06. The van der Waals surface area contributed by atoms with Crippen molar-refractivity contribution in [2.75, 3.05) is 11.4 Å². The molecule has 0 unspecified atom stereocenters. The molecule has 0 radical (unpaired) electrons. The van der Waals surface area contributed by atoms with Crippen LogP contribution in [0.2, 0.25) is 0 Å². The smallest absolute Gasteiger partial charge is 0.156 e. The summed E-state index contributed by atoms with van der Waals surface area (Å²) in [6.07, 6.45) is 2.22. The van der Waals surface area contributed by atoms with Gasteiger partial charge in [-0.15, -0.1) is 0 Å². The van der Waals surface area contributed by atoms with Crippen LogP contribution in [-0.2, 0) is 0 Å². The van der Waals surface area contributed by atoms with Gasteiger partial charge in [0.15, 0.2) is 5.82 Å². The largest absolute Gasteiger partial charge is 0.352 e. The second-order valence-corrected chi connectivity index (χ2v) is 6.40. The Hall–Kier alpha value is -3.00. The number of anilines is 1. The Bertz CT molecular complexity index is 975. The summed E-state index contributed by atoms with van der Waals surface area (Å²) in [6, 6.07) is 14.2. The molecule has 0 bridgehead atoms. The van der Waals surface area contributed by atoms with Crippen LogP contribution < -0.4 is 4.90 Å². The molecule has 5 heteroatoms. The number of rotatable bonds is 2. The molecule has 1 fully saturated rings. The molecule has 0 saturated carbocycles. The van der Waals surface area contributed by atoms with Crippen molar-refractivity contribution in [1.82, 2.24) is 9.97 Å². The van der Waals surface area contributed by atoms with Gasteiger partial charge in [0.1, 0.15) is 11.5 Å². The molecule has 124 valence electrons. The van der Waals surface area contributed by atoms with Crippen LogP contribution in [0.1, 0.15) is 25.3 Å². The molecule has 1 aliphatic heterocycles. The summed E-state index contributed by atoms with van der Waals surface area (Å²) in [6.45, 7) is 3.10. The lowest BCUT2D eigenvalue weighted by Crippen LogP contribution is -2.28. The van der Waals surface area contributed by atoms with Crippen molar-refractivity contribution in [3.8, 4) is 17.3 Å². The van der Waals surface area contributed by atoms with Crippen molar-refractivity contribution in [1.29, 1.82) is 5.26 Å². The first kappa shape index (κ1) is 15.5. The van der Waals surface area contributed by atoms with Gasteiger partial charge in [-0.3, -0.25) is 0 Å². The lowest BCUT2D eigenvalue weighted by atomic mass is 10.1. The normalized spacial score (nSPS) is 17.0. The zero-order valence-corrected chi connectivity index (χ0v) is 13.9. The minimum absolute atomic E-state index is 0.271. The van der Waals surface area contributed by atoms with Gasteiger partial charge >= 0.3 is 0 Å². The zero-order chi connectivity index (χ0) is 17.4. The maximum atomic E-state index is 13.3. The summed E-state index contributed by atoms with van der Waals surface area (Å²) < 4.78 is 13.3. The standard InChI is InChI=1S/C20H17FN4/c1-13-3-2-10-25(13)20-19(15-5-7-16(21)8-6-15)23-17-9-4-14(12-22)11-18(17)24-20/h4-9,11,13H,2-3,10H2,1H3/t13-/m0/s1. The second-order valence-electron chi connectivity index (χ2n) is 6.40. The zero-order valence-electron chi connectivity index (χ0n) is 13.9. The van der Waals surface area contributed by atoms with Gasteiger partial charge in [0, 0.05) is 18.2 Å². The van der Waals surface area contributed by atoms with Crippen molar-refractivity contribution in [2.24, 2.45) is 0 Å². The Morgan fingerprint density at radius 2 is 1.92 bits per heavy atom. The molecule has 4 rings (SSSR count). The van der Waals surface area contributed by atoms with Crippen molar-refractivity contribution in [3.63, 3.8) is 0 Å². The highest BCUT2D eigenvalue weighted by Gasteiger charge is 2.25. The number of benzene rings is 2. The minimum atomic E-state index is -0.271. The predicted molar refractivity (Wildman–Crippen MR) is 95.7 cm³/mol. The third kappa shape index (κ3) is 2.80. The van der Waals surface area contributed by atoms with E-state index in [4.69, 9.17) is 15.2 Å². The molecule has 4 nitrogen and oxygen atoms in total. The maximum Gasteiger partial charge on any atom is 0.156 e. The van der Waals surface area contributed by atoms with E-state index in [0.717, 1.165) is 42.0 Å². The summed E-state index contributed by atoms with van der Waals surface area (Å²) >= 11 is 0. The molecule has 25 heavy (non-hydrogen) atoms. The Morgan fingerprint density at radius 1 is 1.12 bits per heavy atom. The molecular weight excluding hydrogens is 315 g/mol. The lowest BCUT2D eigenvalue weighted by molar-refractivity contribution is 0.628. The van der Waals surface area contributed by atoms with E-state index >= 15 is 0 Å². The van der Waals surface area contributed by atoms with Gasteiger partial charge in [-0.25, -0.2) is 14.4 Å². The van der Waals surface area contributed by atoms with Crippen molar-refractivity contribution >= 4 is 16.9 Å². The first-order valence-corrected chi connectivity index (χ1v) is 8.40. The fourth-order valence-electron chi connectivity index (χ4n) is 3.36. The van der Waals surface area contributed by atoms with Crippen molar-refractivity contribution in [3.05, 3.63) is 53.8 Å². The van der Waals surface area contributed by atoms with Gasteiger partial charge in [-0.1, -0.05) is 0 Å². The Labute approximate surface area is 145 Å². The molecule has 2 aromatic carbocycles. The van der Waals surface area contributed by atoms with Crippen LogP contribution in [-0.4, -0.2) is 22.6 Å². The quantitative estimate of drug-likeness (QED) is 0.702. The van der Waals surface area contributed by atoms with Gasteiger partial charge in [-0.05, 0) is 62.2 Å².